The molecule has 5 nitrogen and oxygen atoms in total. The summed E-state index contributed by atoms with van der Waals surface area (Å²) in [5.74, 6) is -0.0467. The number of aromatic nitrogens is 4. The van der Waals surface area contributed by atoms with Gasteiger partial charge in [-0.05, 0) is 30.3 Å². The van der Waals surface area contributed by atoms with E-state index in [1.807, 2.05) is 0 Å². The first-order valence-corrected chi connectivity index (χ1v) is 8.08. The van der Waals surface area contributed by atoms with Crippen LogP contribution in [0.2, 0.25) is 5.02 Å². The molecule has 0 bridgehead atoms. The molecule has 0 saturated heterocycles. The maximum Gasteiger partial charge on any atom is 0.291 e. The SMILES string of the molecule is O=c1c(=Cc2c(F)cccc2Cl)sc2nc(-c3ccncc3)nn12. The monoisotopic (exact) mass is 358 g/mol. The van der Waals surface area contributed by atoms with E-state index in [1.54, 1.807) is 30.6 Å². The van der Waals surface area contributed by atoms with Crippen LogP contribution < -0.4 is 10.1 Å². The third-order valence-electron chi connectivity index (χ3n) is 3.40. The highest BCUT2D eigenvalue weighted by atomic mass is 35.5. The third kappa shape index (κ3) is 2.47. The Hall–Kier alpha value is -2.64. The van der Waals surface area contributed by atoms with Crippen LogP contribution in [0.3, 0.4) is 0 Å². The molecule has 0 aliphatic carbocycles. The molecule has 0 saturated carbocycles. The van der Waals surface area contributed by atoms with Crippen LogP contribution >= 0.6 is 22.9 Å². The van der Waals surface area contributed by atoms with E-state index in [4.69, 9.17) is 11.6 Å². The number of hydrogen-bond donors (Lipinski definition) is 0. The van der Waals surface area contributed by atoms with Crippen molar-refractivity contribution in [1.29, 1.82) is 0 Å². The number of rotatable bonds is 2. The quantitative estimate of drug-likeness (QED) is 0.552. The van der Waals surface area contributed by atoms with Crippen LogP contribution in [-0.4, -0.2) is 19.6 Å². The van der Waals surface area contributed by atoms with Crippen LogP contribution in [0, 0.1) is 5.82 Å². The lowest BCUT2D eigenvalue weighted by Gasteiger charge is -1.97. The molecule has 4 rings (SSSR count). The predicted octanol–water partition coefficient (Wildman–Crippen LogP) is 2.55. The Kier molecular flexibility index (Phi) is 3.59. The van der Waals surface area contributed by atoms with Crippen molar-refractivity contribution < 1.29 is 4.39 Å². The minimum atomic E-state index is -0.488. The van der Waals surface area contributed by atoms with E-state index in [9.17, 15) is 9.18 Å². The number of halogens is 2. The number of benzene rings is 1. The molecule has 24 heavy (non-hydrogen) atoms. The molecule has 0 aliphatic rings. The second-order valence-corrected chi connectivity index (χ2v) is 6.33. The van der Waals surface area contributed by atoms with Crippen molar-refractivity contribution in [3.8, 4) is 11.4 Å². The molecule has 0 N–H and O–H groups in total. The lowest BCUT2D eigenvalue weighted by Crippen LogP contribution is -2.23. The van der Waals surface area contributed by atoms with Crippen molar-refractivity contribution in [1.82, 2.24) is 19.6 Å². The molecule has 0 aliphatic heterocycles. The van der Waals surface area contributed by atoms with E-state index in [1.165, 1.54) is 22.7 Å². The van der Waals surface area contributed by atoms with Gasteiger partial charge in [0.15, 0.2) is 5.82 Å². The van der Waals surface area contributed by atoms with Gasteiger partial charge >= 0.3 is 0 Å². The minimum absolute atomic E-state index is 0.176. The van der Waals surface area contributed by atoms with Crippen molar-refractivity contribution in [2.24, 2.45) is 0 Å². The molecule has 3 heterocycles. The molecule has 1 aromatic carbocycles. The van der Waals surface area contributed by atoms with Crippen LogP contribution in [0.15, 0.2) is 47.5 Å². The van der Waals surface area contributed by atoms with Gasteiger partial charge in [-0.1, -0.05) is 29.0 Å². The van der Waals surface area contributed by atoms with Gasteiger partial charge in [-0.3, -0.25) is 9.78 Å². The topological polar surface area (TPSA) is 60.2 Å². The van der Waals surface area contributed by atoms with E-state index in [0.29, 0.717) is 15.3 Å². The number of fused-ring (bicyclic) bond motifs is 1. The fraction of sp³-hybridized carbons (Fsp3) is 0. The van der Waals surface area contributed by atoms with E-state index >= 15 is 0 Å². The van der Waals surface area contributed by atoms with Gasteiger partial charge in [-0.15, -0.1) is 5.10 Å². The largest absolute Gasteiger partial charge is 0.291 e. The van der Waals surface area contributed by atoms with Crippen LogP contribution in [0.4, 0.5) is 4.39 Å². The standard InChI is InChI=1S/C16H8ClFN4OS/c17-11-2-1-3-12(18)10(11)8-13-15(23)22-16(24-13)20-14(21-22)9-4-6-19-7-5-9/h1-8H. The summed E-state index contributed by atoms with van der Waals surface area (Å²) in [6, 6.07) is 7.89. The van der Waals surface area contributed by atoms with E-state index < -0.39 is 5.82 Å². The average molecular weight is 359 g/mol. The molecular weight excluding hydrogens is 351 g/mol. The summed E-state index contributed by atoms with van der Waals surface area (Å²) < 4.78 is 15.4. The fourth-order valence-electron chi connectivity index (χ4n) is 2.24. The third-order valence-corrected chi connectivity index (χ3v) is 4.68. The summed E-state index contributed by atoms with van der Waals surface area (Å²) in [6.45, 7) is 0. The average Bonchev–Trinajstić information content (AvgIpc) is 3.12. The zero-order chi connectivity index (χ0) is 16.7. The number of pyridine rings is 1. The van der Waals surface area contributed by atoms with Crippen LogP contribution in [-0.2, 0) is 0 Å². The van der Waals surface area contributed by atoms with Crippen LogP contribution in [0.5, 0.6) is 0 Å². The highest BCUT2D eigenvalue weighted by molar-refractivity contribution is 7.15. The summed E-state index contributed by atoms with van der Waals surface area (Å²) in [5, 5.41) is 4.46. The molecule has 0 radical (unpaired) electrons. The summed E-state index contributed by atoms with van der Waals surface area (Å²) in [4.78, 5) is 21.2. The van der Waals surface area contributed by atoms with Crippen LogP contribution in [0.25, 0.3) is 22.4 Å². The molecule has 0 unspecified atom stereocenters. The van der Waals surface area contributed by atoms with E-state index in [0.717, 1.165) is 16.9 Å². The maximum atomic E-state index is 13.9. The molecule has 4 aromatic rings. The molecule has 118 valence electrons. The lowest BCUT2D eigenvalue weighted by atomic mass is 10.2. The molecule has 8 heteroatoms. The Morgan fingerprint density at radius 1 is 1.21 bits per heavy atom. The number of hydrogen-bond acceptors (Lipinski definition) is 5. The number of nitrogens with zero attached hydrogens (tertiary/aromatic N) is 4. The van der Waals surface area contributed by atoms with E-state index in [-0.39, 0.29) is 16.1 Å². The molecule has 3 aromatic heterocycles. The zero-order valence-electron chi connectivity index (χ0n) is 12.0. The normalized spacial score (nSPS) is 12.2. The Labute approximate surface area is 143 Å². The molecule has 0 amide bonds. The van der Waals surface area contributed by atoms with E-state index in [2.05, 4.69) is 15.1 Å². The van der Waals surface area contributed by atoms with Gasteiger partial charge in [0.1, 0.15) is 5.82 Å². The summed E-state index contributed by atoms with van der Waals surface area (Å²) >= 11 is 7.13. The highest BCUT2D eigenvalue weighted by Gasteiger charge is 2.13. The lowest BCUT2D eigenvalue weighted by molar-refractivity contribution is 0.625. The van der Waals surface area contributed by atoms with Crippen LogP contribution in [0.1, 0.15) is 5.56 Å². The first kappa shape index (κ1) is 14.9. The van der Waals surface area contributed by atoms with Gasteiger partial charge in [-0.25, -0.2) is 4.39 Å². The van der Waals surface area contributed by atoms with Gasteiger partial charge < -0.3 is 0 Å². The summed E-state index contributed by atoms with van der Waals surface area (Å²) in [7, 11) is 0. The highest BCUT2D eigenvalue weighted by Crippen LogP contribution is 2.20. The summed E-state index contributed by atoms with van der Waals surface area (Å²) in [6.07, 6.45) is 4.68. The van der Waals surface area contributed by atoms with Crippen molar-refractivity contribution in [2.75, 3.05) is 0 Å². The smallest absolute Gasteiger partial charge is 0.266 e. The Bertz CT molecular complexity index is 1140. The van der Waals surface area contributed by atoms with Crippen molar-refractivity contribution in [3.05, 3.63) is 74.0 Å². The molecule has 0 atom stereocenters. The summed E-state index contributed by atoms with van der Waals surface area (Å²) in [5.41, 5.74) is 0.584. The second-order valence-electron chi connectivity index (χ2n) is 4.92. The van der Waals surface area contributed by atoms with Gasteiger partial charge in [0.2, 0.25) is 4.96 Å². The first-order chi connectivity index (χ1) is 11.6. The van der Waals surface area contributed by atoms with Crippen molar-refractivity contribution >= 4 is 34.0 Å². The van der Waals surface area contributed by atoms with Gasteiger partial charge in [0.05, 0.1) is 9.55 Å². The maximum absolute atomic E-state index is 13.9. The molecular formula is C16H8ClFN4OS. The fourth-order valence-corrected chi connectivity index (χ4v) is 3.34. The Balaban J connectivity index is 1.88. The van der Waals surface area contributed by atoms with Gasteiger partial charge in [0, 0.05) is 23.5 Å². The Morgan fingerprint density at radius 2 is 2.00 bits per heavy atom. The van der Waals surface area contributed by atoms with Crippen molar-refractivity contribution in [3.63, 3.8) is 0 Å². The zero-order valence-corrected chi connectivity index (χ0v) is 13.6. The first-order valence-electron chi connectivity index (χ1n) is 6.89. The van der Waals surface area contributed by atoms with Gasteiger partial charge in [0.25, 0.3) is 5.56 Å². The minimum Gasteiger partial charge on any atom is -0.266 e. The number of thiazole rings is 1. The van der Waals surface area contributed by atoms with Crippen molar-refractivity contribution in [2.45, 2.75) is 0 Å². The molecule has 0 fully saturated rings. The second kappa shape index (κ2) is 5.77. The van der Waals surface area contributed by atoms with Gasteiger partial charge in [-0.2, -0.15) is 9.50 Å². The Morgan fingerprint density at radius 3 is 2.71 bits per heavy atom. The molecule has 0 spiro atoms. The predicted molar refractivity (Wildman–Crippen MR) is 90.6 cm³/mol.